The molecule has 9 nitrogen and oxygen atoms in total. The molecule has 3 fully saturated rings. The number of nitrogens with zero attached hydrogens (tertiary/aromatic N) is 3. The highest BCUT2D eigenvalue weighted by Crippen LogP contribution is 2.45. The van der Waals surface area contributed by atoms with E-state index < -0.39 is 10.9 Å². The summed E-state index contributed by atoms with van der Waals surface area (Å²) in [4.78, 5) is 39.7. The Morgan fingerprint density at radius 1 is 1.21 bits per heavy atom. The van der Waals surface area contributed by atoms with Crippen LogP contribution in [-0.2, 0) is 11.3 Å². The molecule has 2 aliphatic carbocycles. The van der Waals surface area contributed by atoms with Crippen molar-refractivity contribution in [2.75, 3.05) is 26.2 Å². The first-order chi connectivity index (χ1) is 18.2. The lowest BCUT2D eigenvalue weighted by Crippen LogP contribution is -2.51. The van der Waals surface area contributed by atoms with Gasteiger partial charge in [-0.1, -0.05) is 38.0 Å². The molecule has 0 spiro atoms. The van der Waals surface area contributed by atoms with Gasteiger partial charge >= 0.3 is 12.0 Å². The average Bonchev–Trinajstić information content (AvgIpc) is 3.66. The van der Waals surface area contributed by atoms with Crippen LogP contribution in [0, 0.1) is 39.7 Å². The number of carboxylic acids is 1. The van der Waals surface area contributed by atoms with E-state index in [2.05, 4.69) is 23.7 Å². The maximum Gasteiger partial charge on any atom is 0.318 e. The summed E-state index contributed by atoms with van der Waals surface area (Å²) in [6, 6.07) is 6.19. The van der Waals surface area contributed by atoms with Gasteiger partial charge in [-0.15, -0.1) is 6.58 Å². The van der Waals surface area contributed by atoms with Crippen molar-refractivity contribution >= 4 is 17.7 Å². The number of nitro groups is 1. The second-order valence-electron chi connectivity index (χ2n) is 11.6. The fraction of sp³-hybridized carbons (Fsp3) is 0.655. The summed E-state index contributed by atoms with van der Waals surface area (Å²) in [5.74, 6) is 1.22. The average molecular weight is 527 g/mol. The monoisotopic (exact) mass is 526 g/mol. The van der Waals surface area contributed by atoms with E-state index in [0.29, 0.717) is 36.8 Å². The second kappa shape index (κ2) is 12.7. The van der Waals surface area contributed by atoms with E-state index in [1.165, 1.54) is 25.0 Å². The van der Waals surface area contributed by atoms with Gasteiger partial charge in [-0.3, -0.25) is 14.9 Å². The minimum atomic E-state index is -0.607. The molecule has 0 aromatic heterocycles. The van der Waals surface area contributed by atoms with Gasteiger partial charge in [-0.05, 0) is 61.3 Å². The molecule has 0 radical (unpaired) electrons. The summed E-state index contributed by atoms with van der Waals surface area (Å²) in [6.07, 6.45) is 8.82. The first-order valence-corrected chi connectivity index (χ1v) is 14.1. The normalized spacial score (nSPS) is 25.0. The summed E-state index contributed by atoms with van der Waals surface area (Å²) in [5, 5.41) is 23.6. The van der Waals surface area contributed by atoms with Crippen molar-refractivity contribution in [2.24, 2.45) is 29.6 Å². The van der Waals surface area contributed by atoms with E-state index in [1.807, 2.05) is 4.90 Å². The number of piperidine rings is 1. The van der Waals surface area contributed by atoms with Crippen LogP contribution in [0.3, 0.4) is 0 Å². The van der Waals surface area contributed by atoms with Gasteiger partial charge in [0.15, 0.2) is 0 Å². The van der Waals surface area contributed by atoms with Gasteiger partial charge in [0.25, 0.3) is 5.69 Å². The van der Waals surface area contributed by atoms with Gasteiger partial charge in [0.05, 0.1) is 10.8 Å². The molecule has 3 aliphatic rings. The third-order valence-corrected chi connectivity index (χ3v) is 8.92. The highest BCUT2D eigenvalue weighted by Gasteiger charge is 2.42. The zero-order valence-electron chi connectivity index (χ0n) is 22.5. The summed E-state index contributed by atoms with van der Waals surface area (Å²) < 4.78 is 0. The number of urea groups is 1. The van der Waals surface area contributed by atoms with Crippen molar-refractivity contribution < 1.29 is 19.6 Å². The van der Waals surface area contributed by atoms with Gasteiger partial charge in [0, 0.05) is 50.9 Å². The highest BCUT2D eigenvalue weighted by atomic mass is 16.6. The molecular weight excluding hydrogens is 484 g/mol. The van der Waals surface area contributed by atoms with Gasteiger partial charge in [0.1, 0.15) is 0 Å². The number of aliphatic carboxylic acids is 1. The summed E-state index contributed by atoms with van der Waals surface area (Å²) in [6.45, 7) is 9.75. The van der Waals surface area contributed by atoms with Crippen molar-refractivity contribution in [3.63, 3.8) is 0 Å². The molecule has 1 saturated heterocycles. The molecule has 1 aromatic carbocycles. The minimum Gasteiger partial charge on any atom is -0.481 e. The molecule has 0 bridgehead atoms. The number of carboxylic acid groups (broad SMARTS) is 1. The molecule has 2 amide bonds. The first-order valence-electron chi connectivity index (χ1n) is 14.1. The fourth-order valence-corrected chi connectivity index (χ4v) is 6.47. The van der Waals surface area contributed by atoms with Crippen molar-refractivity contribution in [3.05, 3.63) is 52.6 Å². The Morgan fingerprint density at radius 2 is 1.89 bits per heavy atom. The third kappa shape index (κ3) is 7.34. The van der Waals surface area contributed by atoms with E-state index in [-0.39, 0.29) is 23.7 Å². The number of rotatable bonds is 12. The number of nitro benzene ring substituents is 1. The Labute approximate surface area is 225 Å². The first kappa shape index (κ1) is 28.1. The molecule has 4 atom stereocenters. The van der Waals surface area contributed by atoms with E-state index in [9.17, 15) is 24.8 Å². The lowest BCUT2D eigenvalue weighted by Gasteiger charge is -2.39. The molecule has 1 aliphatic heterocycles. The molecule has 208 valence electrons. The number of hydrogen-bond donors (Lipinski definition) is 2. The molecule has 4 rings (SSSR count). The molecular formula is C29H42N4O5. The smallest absolute Gasteiger partial charge is 0.318 e. The van der Waals surface area contributed by atoms with Crippen molar-refractivity contribution in [1.29, 1.82) is 0 Å². The topological polar surface area (TPSA) is 116 Å². The van der Waals surface area contributed by atoms with E-state index in [0.717, 1.165) is 57.3 Å². The maximum absolute atomic E-state index is 13.0. The Morgan fingerprint density at radius 3 is 2.47 bits per heavy atom. The highest BCUT2D eigenvalue weighted by molar-refractivity contribution is 5.74. The predicted molar refractivity (Wildman–Crippen MR) is 146 cm³/mol. The number of amides is 2. The maximum atomic E-state index is 13.0. The largest absolute Gasteiger partial charge is 0.481 e. The summed E-state index contributed by atoms with van der Waals surface area (Å²) in [7, 11) is 0. The van der Waals surface area contributed by atoms with Gasteiger partial charge < -0.3 is 20.2 Å². The Bertz CT molecular complexity index is 987. The Balaban J connectivity index is 1.24. The number of carbonyl (C=O) groups is 2. The zero-order chi connectivity index (χ0) is 27.2. The van der Waals surface area contributed by atoms with Crippen LogP contribution >= 0.6 is 0 Å². The Hall–Kier alpha value is -2.94. The van der Waals surface area contributed by atoms with Crippen LogP contribution in [0.1, 0.15) is 57.4 Å². The van der Waals surface area contributed by atoms with Crippen LogP contribution in [0.5, 0.6) is 0 Å². The quantitative estimate of drug-likeness (QED) is 0.227. The molecule has 9 heteroatoms. The summed E-state index contributed by atoms with van der Waals surface area (Å²) in [5.41, 5.74) is 0.839. The van der Waals surface area contributed by atoms with Gasteiger partial charge in [0.2, 0.25) is 0 Å². The third-order valence-electron chi connectivity index (χ3n) is 8.92. The molecule has 3 unspecified atom stereocenters. The van der Waals surface area contributed by atoms with Crippen LogP contribution in [0.4, 0.5) is 10.5 Å². The summed E-state index contributed by atoms with van der Waals surface area (Å²) >= 11 is 0. The van der Waals surface area contributed by atoms with Crippen LogP contribution < -0.4 is 5.32 Å². The number of likely N-dealkylation sites (tertiary alicyclic amines) is 1. The number of carbonyl (C=O) groups excluding carboxylic acids is 1. The standard InChI is InChI=1S/C29H42N4O5/c1-3-12-32(29(36)30-18-22-6-8-26(9-7-22)33(37)38)25-10-13-31(14-11-25)19-24-17-23(15-20(24)2)27(28(34)35)16-21-4-5-21/h3,6-9,20-21,23-25,27H,1,4-5,10-19H2,2H3,(H,30,36)(H,34,35)/t20?,23?,24-,27?/m1/s1. The number of hydrogen-bond acceptors (Lipinski definition) is 5. The predicted octanol–water partition coefficient (Wildman–Crippen LogP) is 4.92. The zero-order valence-corrected chi connectivity index (χ0v) is 22.5. The van der Waals surface area contributed by atoms with Gasteiger partial charge in [-0.25, -0.2) is 4.79 Å². The van der Waals surface area contributed by atoms with Crippen molar-refractivity contribution in [3.8, 4) is 0 Å². The molecule has 38 heavy (non-hydrogen) atoms. The molecule has 1 aromatic rings. The van der Waals surface area contributed by atoms with Crippen LogP contribution in [0.2, 0.25) is 0 Å². The number of benzene rings is 1. The number of non-ortho nitro benzene ring substituents is 1. The van der Waals surface area contributed by atoms with Crippen LogP contribution in [0.15, 0.2) is 36.9 Å². The van der Waals surface area contributed by atoms with E-state index >= 15 is 0 Å². The van der Waals surface area contributed by atoms with Gasteiger partial charge in [-0.2, -0.15) is 0 Å². The molecule has 2 saturated carbocycles. The van der Waals surface area contributed by atoms with Crippen molar-refractivity contribution in [1.82, 2.24) is 15.1 Å². The Kier molecular flexibility index (Phi) is 9.41. The molecule has 2 N–H and O–H groups in total. The van der Waals surface area contributed by atoms with E-state index in [4.69, 9.17) is 0 Å². The SMILES string of the molecule is C=CCN(C(=O)NCc1ccc([N+](=O)[O-])cc1)C1CCN(C[C@H]2CC(C(CC3CC3)C(=O)O)CC2C)CC1. The van der Waals surface area contributed by atoms with Crippen LogP contribution in [-0.4, -0.2) is 64.1 Å². The van der Waals surface area contributed by atoms with Crippen LogP contribution in [0.25, 0.3) is 0 Å². The van der Waals surface area contributed by atoms with Crippen molar-refractivity contribution in [2.45, 2.75) is 64.5 Å². The van der Waals surface area contributed by atoms with E-state index in [1.54, 1.807) is 18.2 Å². The minimum absolute atomic E-state index is 0.0302. The lowest BCUT2D eigenvalue weighted by molar-refractivity contribution is -0.384. The number of nitrogens with one attached hydrogen (secondary N) is 1. The molecule has 1 heterocycles. The lowest BCUT2D eigenvalue weighted by atomic mass is 9.85. The fourth-order valence-electron chi connectivity index (χ4n) is 6.47. The second-order valence-corrected chi connectivity index (χ2v) is 11.6.